The Hall–Kier alpha value is -7.72. The number of carboxylic acid groups (broad SMARTS) is 4. The lowest BCUT2D eigenvalue weighted by Gasteiger charge is -2.13. The zero-order valence-corrected chi connectivity index (χ0v) is 26.1. The lowest BCUT2D eigenvalue weighted by atomic mass is 10.0. The van der Waals surface area contributed by atoms with Crippen LogP contribution in [0.15, 0.2) is 61.3 Å². The maximum absolute atomic E-state index is 14.0. The zero-order chi connectivity index (χ0) is 37.0. The van der Waals surface area contributed by atoms with Gasteiger partial charge in [0.05, 0.1) is 55.5 Å². The number of pyridine rings is 2. The summed E-state index contributed by atoms with van der Waals surface area (Å²) >= 11 is 0. The molecule has 6 aromatic rings. The van der Waals surface area contributed by atoms with Crippen molar-refractivity contribution in [3.05, 3.63) is 128 Å². The van der Waals surface area contributed by atoms with Crippen LogP contribution in [0.25, 0.3) is 45.6 Å². The van der Waals surface area contributed by atoms with E-state index in [-0.39, 0.29) is 55.7 Å². The number of carbonyl (C=O) groups is 4. The van der Waals surface area contributed by atoms with Gasteiger partial charge in [0.2, 0.25) is 0 Å². The molecule has 0 aliphatic rings. The number of benzene rings is 2. The van der Waals surface area contributed by atoms with E-state index in [0.29, 0.717) is 0 Å². The lowest BCUT2D eigenvalue weighted by Crippen LogP contribution is -2.24. The van der Waals surface area contributed by atoms with Crippen LogP contribution in [0.2, 0.25) is 0 Å². The Morgan fingerprint density at radius 1 is 0.549 bits per heavy atom. The van der Waals surface area contributed by atoms with E-state index < -0.39 is 68.4 Å². The van der Waals surface area contributed by atoms with Gasteiger partial charge in [-0.15, -0.1) is 5.73 Å². The topological polar surface area (TPSA) is 290 Å². The van der Waals surface area contributed by atoms with Crippen molar-refractivity contribution < 1.29 is 39.6 Å². The van der Waals surface area contributed by atoms with Crippen LogP contribution in [0.1, 0.15) is 63.7 Å². The first-order valence-electron chi connectivity index (χ1n) is 14.5. The van der Waals surface area contributed by atoms with Crippen molar-refractivity contribution in [2.24, 2.45) is 0 Å². The number of aromatic nitrogens is 6. The molecule has 8 N–H and O–H groups in total. The second-order valence-corrected chi connectivity index (χ2v) is 11.2. The smallest absolute Gasteiger partial charge is 0.335 e. The van der Waals surface area contributed by atoms with Gasteiger partial charge in [0.1, 0.15) is 11.3 Å². The van der Waals surface area contributed by atoms with Gasteiger partial charge in [0, 0.05) is 0 Å². The number of H-pyrrole nitrogens is 4. The van der Waals surface area contributed by atoms with Gasteiger partial charge in [-0.05, 0) is 73.5 Å². The molecule has 4 aromatic heterocycles. The molecule has 51 heavy (non-hydrogen) atoms. The highest BCUT2D eigenvalue weighted by atomic mass is 16.4. The summed E-state index contributed by atoms with van der Waals surface area (Å²) in [5, 5.41) is 48.1. The fourth-order valence-electron chi connectivity index (χ4n) is 5.78. The molecule has 0 aliphatic heterocycles. The van der Waals surface area contributed by atoms with Crippen LogP contribution >= 0.6 is 0 Å². The summed E-state index contributed by atoms with van der Waals surface area (Å²) in [6.45, 7) is 2.89. The molecular weight excluding hydrogens is 672 g/mol. The molecule has 0 saturated carbocycles. The molecule has 18 heteroatoms. The molecule has 18 nitrogen and oxygen atoms in total. The Morgan fingerprint density at radius 3 is 1.16 bits per heavy atom. The molecule has 0 spiro atoms. The van der Waals surface area contributed by atoms with Crippen molar-refractivity contribution >= 4 is 58.1 Å². The zero-order valence-electron chi connectivity index (χ0n) is 26.1. The average molecular weight is 695 g/mol. The van der Waals surface area contributed by atoms with Crippen molar-refractivity contribution in [2.75, 3.05) is 0 Å². The quantitative estimate of drug-likeness (QED) is 0.106. The molecular formula is C33H22N6O12. The summed E-state index contributed by atoms with van der Waals surface area (Å²) in [4.78, 5) is 101. The van der Waals surface area contributed by atoms with Crippen LogP contribution in [0.4, 0.5) is 0 Å². The molecule has 2 aromatic carbocycles. The van der Waals surface area contributed by atoms with Crippen LogP contribution in [0.3, 0.4) is 0 Å². The third-order valence-corrected chi connectivity index (χ3v) is 8.18. The monoisotopic (exact) mass is 694 g/mol. The molecule has 0 aliphatic carbocycles. The number of nitrogens with one attached hydrogen (secondary N) is 4. The van der Waals surface area contributed by atoms with Gasteiger partial charge in [0.15, 0.2) is 0 Å². The maximum Gasteiger partial charge on any atom is 0.335 e. The molecule has 256 valence electrons. The number of aromatic carboxylic acids is 4. The summed E-state index contributed by atoms with van der Waals surface area (Å²) in [6.07, 6.45) is 2.25. The minimum Gasteiger partial charge on any atom is -0.478 e. The largest absolute Gasteiger partial charge is 0.478 e. The van der Waals surface area contributed by atoms with Gasteiger partial charge in [-0.3, -0.25) is 48.7 Å². The minimum atomic E-state index is -1.48. The molecule has 0 unspecified atom stereocenters. The first-order chi connectivity index (χ1) is 24.1. The molecule has 0 bridgehead atoms. The molecule has 0 amide bonds. The Balaban J connectivity index is 1.62. The highest BCUT2D eigenvalue weighted by Gasteiger charge is 2.22. The third kappa shape index (κ3) is 5.44. The number of carboxylic acids is 4. The van der Waals surface area contributed by atoms with Crippen molar-refractivity contribution in [3.63, 3.8) is 0 Å². The van der Waals surface area contributed by atoms with E-state index in [9.17, 15) is 58.8 Å². The van der Waals surface area contributed by atoms with E-state index in [0.717, 1.165) is 57.7 Å². The number of aromatic amines is 4. The number of aryl methyl sites for hydroxylation is 2. The second kappa shape index (κ2) is 12.1. The van der Waals surface area contributed by atoms with Gasteiger partial charge in [-0.1, -0.05) is 0 Å². The maximum atomic E-state index is 14.0. The van der Waals surface area contributed by atoms with E-state index in [4.69, 9.17) is 0 Å². The molecule has 0 radical (unpaired) electrons. The van der Waals surface area contributed by atoms with E-state index in [1.807, 2.05) is 0 Å². The van der Waals surface area contributed by atoms with Gasteiger partial charge >= 0.3 is 23.9 Å². The first-order valence-corrected chi connectivity index (χ1v) is 14.5. The van der Waals surface area contributed by atoms with E-state index >= 15 is 0 Å². The normalized spacial score (nSPS) is 11.0. The standard InChI is InChI=1S/C33H22N6O12/c1-12-20(28(42)38(24-22(12)26(40)36-34-24)18-8-14(30(44)45)6-15(9-18)31(46)47)4-3-5-21-13(2)23-25(35-37-27(23)41)39(29(21)43)19-10-16(32(48)49)7-17(11-19)33(50)51/h4-11H,1-2H3,(H,44,45)(H,46,47)(H,48,49)(H,50,51)(H2,34,36,40)(H2,35,37,41). The van der Waals surface area contributed by atoms with Gasteiger partial charge in [0.25, 0.3) is 22.2 Å². The van der Waals surface area contributed by atoms with Crippen LogP contribution in [0.5, 0.6) is 0 Å². The van der Waals surface area contributed by atoms with Gasteiger partial charge in [-0.2, -0.15) is 0 Å². The minimum absolute atomic E-state index is 0.0355. The van der Waals surface area contributed by atoms with Crippen LogP contribution in [0, 0.1) is 13.8 Å². The molecule has 6 rings (SSSR count). The number of nitrogens with zero attached hydrogens (tertiary/aromatic N) is 2. The second-order valence-electron chi connectivity index (χ2n) is 11.2. The van der Waals surface area contributed by atoms with Crippen LogP contribution in [-0.4, -0.2) is 73.8 Å². The Morgan fingerprint density at radius 2 is 0.863 bits per heavy atom. The third-order valence-electron chi connectivity index (χ3n) is 8.18. The summed E-state index contributed by atoms with van der Waals surface area (Å²) in [6, 6.07) is 5.98. The van der Waals surface area contributed by atoms with Gasteiger partial charge < -0.3 is 20.4 Å². The highest BCUT2D eigenvalue weighted by Crippen LogP contribution is 2.23. The lowest BCUT2D eigenvalue weighted by molar-refractivity contribution is 0.0676. The summed E-state index contributed by atoms with van der Waals surface area (Å²) in [7, 11) is 0. The van der Waals surface area contributed by atoms with E-state index in [2.05, 4.69) is 26.1 Å². The van der Waals surface area contributed by atoms with Crippen molar-refractivity contribution in [1.82, 2.24) is 29.5 Å². The SMILES string of the molecule is Cc1c(C=C=Cc2c(C)c3c(=O)[nH][nH]c3n(-c3cc(C(=O)O)cc(C(=O)O)c3)c2=O)c(=O)n(-c2cc(C(=O)O)cc(C(=O)O)c2)c2[nH][nH]c(=O)c12. The first kappa shape index (κ1) is 33.2. The molecule has 0 saturated heterocycles. The predicted octanol–water partition coefficient (Wildman–Crippen LogP) is 2.06. The van der Waals surface area contributed by atoms with E-state index in [1.54, 1.807) is 0 Å². The highest BCUT2D eigenvalue weighted by molar-refractivity contribution is 5.96. The number of fused-ring (bicyclic) bond motifs is 2. The van der Waals surface area contributed by atoms with Gasteiger partial charge in [-0.25, -0.2) is 19.2 Å². The fraction of sp³-hybridized carbons (Fsp3) is 0.0606. The molecule has 0 atom stereocenters. The summed E-state index contributed by atoms with van der Waals surface area (Å²) < 4.78 is 1.82. The van der Waals surface area contributed by atoms with Crippen LogP contribution < -0.4 is 22.2 Å². The number of hydrogen-bond donors (Lipinski definition) is 8. The van der Waals surface area contributed by atoms with E-state index in [1.165, 1.54) is 13.8 Å². The molecule has 4 heterocycles. The summed E-state index contributed by atoms with van der Waals surface area (Å²) in [5.41, 5.74) is -2.74. The van der Waals surface area contributed by atoms with Crippen LogP contribution in [-0.2, 0) is 0 Å². The fourth-order valence-corrected chi connectivity index (χ4v) is 5.78. The van der Waals surface area contributed by atoms with Crippen molar-refractivity contribution in [3.8, 4) is 11.4 Å². The Kier molecular flexibility index (Phi) is 7.85. The van der Waals surface area contributed by atoms with Crippen molar-refractivity contribution in [1.29, 1.82) is 0 Å². The van der Waals surface area contributed by atoms with Crippen molar-refractivity contribution in [2.45, 2.75) is 13.8 Å². The predicted molar refractivity (Wildman–Crippen MR) is 179 cm³/mol. The Labute approximate surface area is 280 Å². The molecule has 0 fully saturated rings. The number of hydrogen-bond acceptors (Lipinski definition) is 8. The summed E-state index contributed by atoms with van der Waals surface area (Å²) in [5.74, 6) is -5.91. The average Bonchev–Trinajstić information content (AvgIpc) is 3.65. The Bertz CT molecular complexity index is 2610. The number of rotatable bonds is 8.